The summed E-state index contributed by atoms with van der Waals surface area (Å²) in [5.74, 6) is 1.38. The van der Waals surface area contributed by atoms with Crippen molar-refractivity contribution in [2.24, 2.45) is 5.92 Å². The second-order valence-electron chi connectivity index (χ2n) is 7.58. The van der Waals surface area contributed by atoms with Gasteiger partial charge in [0.2, 0.25) is 0 Å². The summed E-state index contributed by atoms with van der Waals surface area (Å²) in [4.78, 5) is 15.0. The van der Waals surface area contributed by atoms with Gasteiger partial charge in [-0.15, -0.1) is 0 Å². The average molecular weight is 315 g/mol. The molecule has 0 saturated heterocycles. The number of likely N-dealkylation sites (N-methyl/N-ethyl adjacent to an activating group) is 1. The first kappa shape index (κ1) is 15.0. The van der Waals surface area contributed by atoms with Gasteiger partial charge in [0.25, 0.3) is 0 Å². The third kappa shape index (κ3) is 1.78. The highest BCUT2D eigenvalue weighted by Gasteiger charge is 2.63. The zero-order chi connectivity index (χ0) is 16.4. The molecule has 2 aliphatic carbocycles. The van der Waals surface area contributed by atoms with Gasteiger partial charge in [0.1, 0.15) is 0 Å². The van der Waals surface area contributed by atoms with Crippen LogP contribution in [0, 0.1) is 5.92 Å². The van der Waals surface area contributed by atoms with E-state index in [1.807, 2.05) is 6.07 Å². The third-order valence-electron chi connectivity index (χ3n) is 6.27. The Balaban J connectivity index is 1.99. The van der Waals surface area contributed by atoms with Crippen LogP contribution in [0.4, 0.5) is 0 Å². The minimum absolute atomic E-state index is 0.184. The summed E-state index contributed by atoms with van der Waals surface area (Å²) in [6.45, 7) is 2.18. The molecular weight excluding hydrogens is 290 g/mol. The molecule has 1 N–H and O–H groups in total. The van der Waals surface area contributed by atoms with Crippen LogP contribution in [0.1, 0.15) is 43.7 Å². The average Bonchev–Trinajstić information content (AvgIpc) is 2.87. The minimum Gasteiger partial charge on any atom is -0.504 e. The standard InChI is InChI=1S/C19H25NO3/c1-4-9-19-12-6-8-15(22)18(19)23-17-14(21)7-5-11(16(17)19)10-13(12)20(2)3/h5,7,12-13,18,21H,4,6,8-10H2,1-3H3/t12?,13?,18?,19-/m1/s1. The quantitative estimate of drug-likeness (QED) is 0.931. The van der Waals surface area contributed by atoms with Crippen LogP contribution in [0.15, 0.2) is 12.1 Å². The molecule has 4 rings (SSSR count). The van der Waals surface area contributed by atoms with Gasteiger partial charge in [-0.3, -0.25) is 4.79 Å². The van der Waals surface area contributed by atoms with Crippen LogP contribution in [-0.2, 0) is 16.6 Å². The molecule has 1 saturated carbocycles. The first-order chi connectivity index (χ1) is 11.0. The summed E-state index contributed by atoms with van der Waals surface area (Å²) in [6.07, 6.45) is 4.03. The van der Waals surface area contributed by atoms with E-state index in [9.17, 15) is 9.90 Å². The lowest BCUT2D eigenvalue weighted by Crippen LogP contribution is -2.60. The SMILES string of the molecule is CCC[C@@]12c3c4ccc(O)c3OC1C(=O)CCC2C(N(C)C)C4. The maximum Gasteiger partial charge on any atom is 0.174 e. The Hall–Kier alpha value is -1.55. The van der Waals surface area contributed by atoms with Crippen LogP contribution < -0.4 is 4.74 Å². The van der Waals surface area contributed by atoms with Gasteiger partial charge in [0, 0.05) is 23.4 Å². The van der Waals surface area contributed by atoms with Crippen molar-refractivity contribution in [1.82, 2.24) is 4.90 Å². The molecule has 0 amide bonds. The van der Waals surface area contributed by atoms with E-state index >= 15 is 0 Å². The van der Waals surface area contributed by atoms with Crippen molar-refractivity contribution < 1.29 is 14.6 Å². The van der Waals surface area contributed by atoms with Gasteiger partial charge in [-0.1, -0.05) is 19.4 Å². The molecule has 4 heteroatoms. The Bertz CT molecular complexity index is 669. The summed E-state index contributed by atoms with van der Waals surface area (Å²) in [5.41, 5.74) is 2.14. The van der Waals surface area contributed by atoms with Gasteiger partial charge < -0.3 is 14.7 Å². The molecule has 3 aliphatic rings. The fourth-order valence-electron chi connectivity index (χ4n) is 5.49. The number of hydrogen-bond donors (Lipinski definition) is 1. The second kappa shape index (κ2) is 4.97. The van der Waals surface area contributed by atoms with Crippen LogP contribution in [-0.4, -0.2) is 42.0 Å². The molecule has 4 nitrogen and oxygen atoms in total. The molecule has 124 valence electrons. The molecule has 0 radical (unpaired) electrons. The summed E-state index contributed by atoms with van der Waals surface area (Å²) in [5, 5.41) is 10.3. The number of carbonyl (C=O) groups is 1. The Morgan fingerprint density at radius 2 is 2.17 bits per heavy atom. The molecule has 23 heavy (non-hydrogen) atoms. The summed E-state index contributed by atoms with van der Waals surface area (Å²) < 4.78 is 6.11. The van der Waals surface area contributed by atoms with E-state index in [2.05, 4.69) is 25.9 Å². The second-order valence-corrected chi connectivity index (χ2v) is 7.58. The van der Waals surface area contributed by atoms with Crippen molar-refractivity contribution in [3.8, 4) is 11.5 Å². The molecule has 4 atom stereocenters. The number of phenolic OH excluding ortho intramolecular Hbond substituents is 1. The molecule has 3 unspecified atom stereocenters. The lowest BCUT2D eigenvalue weighted by molar-refractivity contribution is -0.135. The van der Waals surface area contributed by atoms with E-state index in [4.69, 9.17) is 4.74 Å². The molecular formula is C19H25NO3. The van der Waals surface area contributed by atoms with Crippen LogP contribution >= 0.6 is 0 Å². The smallest absolute Gasteiger partial charge is 0.174 e. The predicted molar refractivity (Wildman–Crippen MR) is 88.0 cm³/mol. The highest BCUT2D eigenvalue weighted by atomic mass is 16.5. The number of rotatable bonds is 3. The Morgan fingerprint density at radius 3 is 2.87 bits per heavy atom. The van der Waals surface area contributed by atoms with Gasteiger partial charge >= 0.3 is 0 Å². The van der Waals surface area contributed by atoms with Crippen molar-refractivity contribution in [3.63, 3.8) is 0 Å². The maximum atomic E-state index is 12.7. The lowest BCUT2D eigenvalue weighted by Gasteiger charge is -2.52. The van der Waals surface area contributed by atoms with Gasteiger partial charge in [-0.05, 0) is 50.9 Å². The van der Waals surface area contributed by atoms with Crippen LogP contribution in [0.5, 0.6) is 11.5 Å². The number of phenols is 1. The van der Waals surface area contributed by atoms with E-state index in [0.29, 0.717) is 24.1 Å². The molecule has 1 fully saturated rings. The van der Waals surface area contributed by atoms with Gasteiger partial charge in [0.15, 0.2) is 23.4 Å². The van der Waals surface area contributed by atoms with Crippen molar-refractivity contribution in [2.45, 2.75) is 56.6 Å². The first-order valence-corrected chi connectivity index (χ1v) is 8.71. The first-order valence-electron chi connectivity index (χ1n) is 8.71. The predicted octanol–water partition coefficient (Wildman–Crippen LogP) is 2.66. The number of Topliss-reactive ketones (excluding diaryl/α,β-unsaturated/α-hetero) is 1. The van der Waals surface area contributed by atoms with Crippen molar-refractivity contribution >= 4 is 5.78 Å². The van der Waals surface area contributed by atoms with Crippen LogP contribution in [0.3, 0.4) is 0 Å². The number of nitrogens with zero attached hydrogens (tertiary/aromatic N) is 1. The Labute approximate surface area is 137 Å². The summed E-state index contributed by atoms with van der Waals surface area (Å²) in [6, 6.07) is 4.18. The van der Waals surface area contributed by atoms with E-state index in [1.165, 1.54) is 5.56 Å². The van der Waals surface area contributed by atoms with E-state index < -0.39 is 6.10 Å². The van der Waals surface area contributed by atoms with Gasteiger partial charge in [-0.25, -0.2) is 0 Å². The Morgan fingerprint density at radius 1 is 1.39 bits per heavy atom. The number of carbonyl (C=O) groups excluding carboxylic acids is 1. The summed E-state index contributed by atoms with van der Waals surface area (Å²) >= 11 is 0. The Kier molecular flexibility index (Phi) is 3.24. The highest BCUT2D eigenvalue weighted by molar-refractivity contribution is 5.89. The molecule has 0 spiro atoms. The fraction of sp³-hybridized carbons (Fsp3) is 0.632. The molecule has 1 aromatic carbocycles. The van der Waals surface area contributed by atoms with E-state index in [-0.39, 0.29) is 16.9 Å². The molecule has 0 aromatic heterocycles. The highest BCUT2D eigenvalue weighted by Crippen LogP contribution is 2.61. The fourth-order valence-corrected chi connectivity index (χ4v) is 5.49. The van der Waals surface area contributed by atoms with Crippen molar-refractivity contribution in [3.05, 3.63) is 23.3 Å². The number of hydrogen-bond acceptors (Lipinski definition) is 4. The monoisotopic (exact) mass is 315 g/mol. The lowest BCUT2D eigenvalue weighted by atomic mass is 9.53. The normalized spacial score (nSPS) is 34.4. The van der Waals surface area contributed by atoms with Crippen molar-refractivity contribution in [1.29, 1.82) is 0 Å². The number of benzene rings is 1. The van der Waals surface area contributed by atoms with Gasteiger partial charge in [-0.2, -0.15) is 0 Å². The van der Waals surface area contributed by atoms with Crippen LogP contribution in [0.25, 0.3) is 0 Å². The minimum atomic E-state index is -0.411. The number of ketones is 1. The molecule has 1 heterocycles. The van der Waals surface area contributed by atoms with Gasteiger partial charge in [0.05, 0.1) is 0 Å². The largest absolute Gasteiger partial charge is 0.504 e. The zero-order valence-corrected chi connectivity index (χ0v) is 14.1. The summed E-state index contributed by atoms with van der Waals surface area (Å²) in [7, 11) is 4.27. The number of aromatic hydroxyl groups is 1. The van der Waals surface area contributed by atoms with Crippen molar-refractivity contribution in [2.75, 3.05) is 14.1 Å². The molecule has 1 aromatic rings. The number of ether oxygens (including phenoxy) is 1. The topological polar surface area (TPSA) is 49.8 Å². The maximum absolute atomic E-state index is 12.7. The van der Waals surface area contributed by atoms with E-state index in [1.54, 1.807) is 6.07 Å². The van der Waals surface area contributed by atoms with E-state index in [0.717, 1.165) is 31.2 Å². The third-order valence-corrected chi connectivity index (χ3v) is 6.27. The van der Waals surface area contributed by atoms with Crippen LogP contribution in [0.2, 0.25) is 0 Å². The molecule has 1 aliphatic heterocycles. The molecule has 0 bridgehead atoms. The zero-order valence-electron chi connectivity index (χ0n) is 14.1.